The summed E-state index contributed by atoms with van der Waals surface area (Å²) in [6.45, 7) is 2.63. The number of hydrogen-bond acceptors (Lipinski definition) is 3. The van der Waals surface area contributed by atoms with Gasteiger partial charge in [-0.3, -0.25) is 0 Å². The second-order valence-electron chi connectivity index (χ2n) is 3.64. The Morgan fingerprint density at radius 2 is 2.12 bits per heavy atom. The van der Waals surface area contributed by atoms with E-state index in [0.717, 1.165) is 30.4 Å². The van der Waals surface area contributed by atoms with Crippen LogP contribution in [0, 0.1) is 0 Å². The Morgan fingerprint density at radius 3 is 2.62 bits per heavy atom. The smallest absolute Gasteiger partial charge is 0.144 e. The van der Waals surface area contributed by atoms with Gasteiger partial charge >= 0.3 is 0 Å². The van der Waals surface area contributed by atoms with Crippen molar-refractivity contribution >= 4 is 11.6 Å². The molecular formula is C12H18ClNO2. The summed E-state index contributed by atoms with van der Waals surface area (Å²) in [6.07, 6.45) is 2.39. The first-order valence-electron chi connectivity index (χ1n) is 5.42. The lowest BCUT2D eigenvalue weighted by atomic mass is 10.0. The quantitative estimate of drug-likeness (QED) is 0.836. The van der Waals surface area contributed by atoms with Crippen LogP contribution in [0.4, 0.5) is 0 Å². The molecule has 0 bridgehead atoms. The Balaban J connectivity index is 3.16. The molecule has 4 heteroatoms. The van der Waals surface area contributed by atoms with E-state index in [1.165, 1.54) is 0 Å². The van der Waals surface area contributed by atoms with Crippen LogP contribution >= 0.6 is 11.6 Å². The fourth-order valence-corrected chi connectivity index (χ4v) is 2.02. The first-order valence-corrected chi connectivity index (χ1v) is 5.80. The summed E-state index contributed by atoms with van der Waals surface area (Å²) in [4.78, 5) is 0. The topological polar surface area (TPSA) is 55.5 Å². The lowest BCUT2D eigenvalue weighted by Crippen LogP contribution is -2.02. The Bertz CT molecular complexity index is 367. The van der Waals surface area contributed by atoms with Crippen LogP contribution in [0.5, 0.6) is 11.5 Å². The minimum absolute atomic E-state index is 0.115. The SMILES string of the molecule is CCc1cc(CCCN)c(O)c(Cl)c1OC. The Kier molecular flexibility index (Phi) is 4.90. The van der Waals surface area contributed by atoms with Crippen molar-refractivity contribution in [3.8, 4) is 11.5 Å². The third-order valence-electron chi connectivity index (χ3n) is 2.59. The van der Waals surface area contributed by atoms with E-state index in [0.29, 0.717) is 17.3 Å². The number of aromatic hydroxyl groups is 1. The summed E-state index contributed by atoms with van der Waals surface area (Å²) in [5, 5.41) is 10.2. The number of phenols is 1. The molecule has 0 spiro atoms. The largest absolute Gasteiger partial charge is 0.506 e. The third-order valence-corrected chi connectivity index (χ3v) is 2.94. The molecule has 0 fully saturated rings. The van der Waals surface area contributed by atoms with Crippen LogP contribution in [0.2, 0.25) is 5.02 Å². The van der Waals surface area contributed by atoms with E-state index < -0.39 is 0 Å². The van der Waals surface area contributed by atoms with Gasteiger partial charge in [-0.15, -0.1) is 0 Å². The van der Waals surface area contributed by atoms with Gasteiger partial charge in [-0.25, -0.2) is 0 Å². The standard InChI is InChI=1S/C12H18ClNO2/c1-3-8-7-9(5-4-6-14)11(15)10(13)12(8)16-2/h7,15H,3-6,14H2,1-2H3. The van der Waals surface area contributed by atoms with E-state index in [4.69, 9.17) is 22.1 Å². The lowest BCUT2D eigenvalue weighted by Gasteiger charge is -2.14. The van der Waals surface area contributed by atoms with Crippen molar-refractivity contribution in [2.24, 2.45) is 5.73 Å². The molecule has 0 saturated heterocycles. The Morgan fingerprint density at radius 1 is 1.44 bits per heavy atom. The summed E-state index contributed by atoms with van der Waals surface area (Å²) in [5.74, 6) is 0.683. The van der Waals surface area contributed by atoms with Gasteiger partial charge in [0, 0.05) is 0 Å². The molecule has 3 nitrogen and oxygen atoms in total. The molecule has 16 heavy (non-hydrogen) atoms. The Labute approximate surface area is 101 Å². The number of phenolic OH excluding ortho intramolecular Hbond substituents is 1. The molecule has 0 atom stereocenters. The van der Waals surface area contributed by atoms with E-state index in [1.807, 2.05) is 13.0 Å². The van der Waals surface area contributed by atoms with E-state index in [2.05, 4.69) is 0 Å². The maximum absolute atomic E-state index is 9.90. The van der Waals surface area contributed by atoms with E-state index >= 15 is 0 Å². The number of methoxy groups -OCH3 is 1. The van der Waals surface area contributed by atoms with Crippen molar-refractivity contribution in [3.63, 3.8) is 0 Å². The van der Waals surface area contributed by atoms with E-state index in [9.17, 15) is 5.11 Å². The lowest BCUT2D eigenvalue weighted by molar-refractivity contribution is 0.402. The molecular weight excluding hydrogens is 226 g/mol. The number of rotatable bonds is 5. The molecule has 3 N–H and O–H groups in total. The third kappa shape index (κ3) is 2.60. The van der Waals surface area contributed by atoms with Crippen LogP contribution in [0.15, 0.2) is 6.07 Å². The van der Waals surface area contributed by atoms with Crippen LogP contribution in [-0.4, -0.2) is 18.8 Å². The van der Waals surface area contributed by atoms with Gasteiger partial charge in [0.1, 0.15) is 16.5 Å². The highest BCUT2D eigenvalue weighted by Gasteiger charge is 2.15. The van der Waals surface area contributed by atoms with Gasteiger partial charge in [0.25, 0.3) is 0 Å². The maximum Gasteiger partial charge on any atom is 0.144 e. The van der Waals surface area contributed by atoms with Crippen LogP contribution in [0.1, 0.15) is 24.5 Å². The maximum atomic E-state index is 9.90. The molecule has 0 aliphatic rings. The highest BCUT2D eigenvalue weighted by Crippen LogP contribution is 2.39. The monoisotopic (exact) mass is 243 g/mol. The van der Waals surface area contributed by atoms with E-state index in [-0.39, 0.29) is 5.75 Å². The molecule has 0 saturated carbocycles. The molecule has 1 aromatic carbocycles. The zero-order chi connectivity index (χ0) is 12.1. The zero-order valence-corrected chi connectivity index (χ0v) is 10.5. The first kappa shape index (κ1) is 13.1. The van der Waals surface area contributed by atoms with Gasteiger partial charge in [0.05, 0.1) is 7.11 Å². The summed E-state index contributed by atoms with van der Waals surface area (Å²) < 4.78 is 5.19. The van der Waals surface area contributed by atoms with Crippen molar-refractivity contribution in [2.45, 2.75) is 26.2 Å². The highest BCUT2D eigenvalue weighted by atomic mass is 35.5. The minimum Gasteiger partial charge on any atom is -0.506 e. The molecule has 90 valence electrons. The van der Waals surface area contributed by atoms with Crippen LogP contribution in [0.3, 0.4) is 0 Å². The van der Waals surface area contributed by atoms with Gasteiger partial charge in [-0.1, -0.05) is 18.5 Å². The van der Waals surface area contributed by atoms with Crippen molar-refractivity contribution in [1.82, 2.24) is 0 Å². The Hall–Kier alpha value is -0.930. The fraction of sp³-hybridized carbons (Fsp3) is 0.500. The minimum atomic E-state index is 0.115. The molecule has 0 aliphatic heterocycles. The van der Waals surface area contributed by atoms with Gasteiger partial charge < -0.3 is 15.6 Å². The van der Waals surface area contributed by atoms with Crippen LogP contribution in [0.25, 0.3) is 0 Å². The van der Waals surface area contributed by atoms with Gasteiger partial charge in [-0.05, 0) is 43.0 Å². The van der Waals surface area contributed by atoms with Crippen molar-refractivity contribution in [3.05, 3.63) is 22.2 Å². The molecule has 0 unspecified atom stereocenters. The summed E-state index contributed by atoms with van der Waals surface area (Å²) in [5.41, 5.74) is 7.30. The van der Waals surface area contributed by atoms with Crippen molar-refractivity contribution in [2.75, 3.05) is 13.7 Å². The average molecular weight is 244 g/mol. The van der Waals surface area contributed by atoms with Crippen molar-refractivity contribution < 1.29 is 9.84 Å². The average Bonchev–Trinajstić information content (AvgIpc) is 2.30. The predicted molar refractivity (Wildman–Crippen MR) is 66.4 cm³/mol. The van der Waals surface area contributed by atoms with Gasteiger partial charge in [-0.2, -0.15) is 0 Å². The first-order chi connectivity index (χ1) is 7.65. The molecule has 1 rings (SSSR count). The molecule has 0 heterocycles. The zero-order valence-electron chi connectivity index (χ0n) is 9.72. The second kappa shape index (κ2) is 5.97. The van der Waals surface area contributed by atoms with Crippen LogP contribution < -0.4 is 10.5 Å². The number of nitrogens with two attached hydrogens (primary N) is 1. The van der Waals surface area contributed by atoms with E-state index in [1.54, 1.807) is 7.11 Å². The molecule has 1 aromatic rings. The van der Waals surface area contributed by atoms with Crippen LogP contribution in [-0.2, 0) is 12.8 Å². The van der Waals surface area contributed by atoms with Crippen molar-refractivity contribution in [1.29, 1.82) is 0 Å². The molecule has 0 radical (unpaired) electrons. The highest BCUT2D eigenvalue weighted by molar-refractivity contribution is 6.33. The predicted octanol–water partition coefficient (Wildman–Crippen LogP) is 2.51. The molecule has 0 aromatic heterocycles. The summed E-state index contributed by atoms with van der Waals surface area (Å²) >= 11 is 6.06. The number of ether oxygens (including phenoxy) is 1. The number of hydrogen-bond donors (Lipinski definition) is 2. The molecule has 0 amide bonds. The summed E-state index contributed by atoms with van der Waals surface area (Å²) in [6, 6.07) is 1.94. The van der Waals surface area contributed by atoms with Gasteiger partial charge in [0.15, 0.2) is 0 Å². The summed E-state index contributed by atoms with van der Waals surface area (Å²) in [7, 11) is 1.55. The fourth-order valence-electron chi connectivity index (χ4n) is 1.70. The van der Waals surface area contributed by atoms with Gasteiger partial charge in [0.2, 0.25) is 0 Å². The second-order valence-corrected chi connectivity index (χ2v) is 4.01. The number of benzene rings is 1. The number of aryl methyl sites for hydroxylation is 2. The normalized spacial score (nSPS) is 10.5. The number of halogens is 1. The molecule has 0 aliphatic carbocycles.